The lowest BCUT2D eigenvalue weighted by Crippen LogP contribution is -2.42. The zero-order valence-corrected chi connectivity index (χ0v) is 20.4. The highest BCUT2D eigenvalue weighted by Crippen LogP contribution is 2.43. The van der Waals surface area contributed by atoms with Crippen LogP contribution in [-0.4, -0.2) is 41.1 Å². The van der Waals surface area contributed by atoms with E-state index in [1.54, 1.807) is 0 Å². The highest BCUT2D eigenvalue weighted by Gasteiger charge is 2.53. The van der Waals surface area contributed by atoms with E-state index in [2.05, 4.69) is 46.9 Å². The molecule has 0 aromatic heterocycles. The maximum absolute atomic E-state index is 12.6. The Morgan fingerprint density at radius 2 is 1.55 bits per heavy atom. The summed E-state index contributed by atoms with van der Waals surface area (Å²) in [6.07, 6.45) is 1.47. The molecule has 0 aliphatic heterocycles. The summed E-state index contributed by atoms with van der Waals surface area (Å²) < 4.78 is 16.3. The molecule has 2 rings (SSSR count). The Labute approximate surface area is 176 Å². The molecule has 1 aliphatic carbocycles. The van der Waals surface area contributed by atoms with Crippen LogP contribution in [0.4, 0.5) is 0 Å². The van der Waals surface area contributed by atoms with E-state index < -0.39 is 25.7 Å². The van der Waals surface area contributed by atoms with E-state index in [9.17, 15) is 9.59 Å². The number of ether oxygens (including phenoxy) is 2. The van der Waals surface area contributed by atoms with E-state index in [1.165, 1.54) is 19.8 Å². The normalized spacial score (nSPS) is 15.8. The van der Waals surface area contributed by atoms with Gasteiger partial charge in [0.25, 0.3) is 0 Å². The molecule has 0 saturated carbocycles. The molecule has 1 aromatic rings. The first-order valence-corrected chi connectivity index (χ1v) is 13.1. The molecule has 0 spiro atoms. The van der Waals surface area contributed by atoms with Crippen molar-refractivity contribution in [2.75, 3.05) is 20.8 Å². The van der Waals surface area contributed by atoms with Crippen LogP contribution in [0.15, 0.2) is 6.07 Å². The van der Waals surface area contributed by atoms with Crippen molar-refractivity contribution < 1.29 is 23.5 Å². The fourth-order valence-corrected chi connectivity index (χ4v) is 4.97. The molecule has 29 heavy (non-hydrogen) atoms. The first-order valence-electron chi connectivity index (χ1n) is 10.2. The third kappa shape index (κ3) is 4.28. The minimum Gasteiger partial charge on any atom is -0.468 e. The number of fused-ring (bicyclic) bond motifs is 1. The molecule has 0 amide bonds. The molecule has 0 N–H and O–H groups in total. The van der Waals surface area contributed by atoms with Crippen molar-refractivity contribution in [3.63, 3.8) is 0 Å². The van der Waals surface area contributed by atoms with Gasteiger partial charge in [-0.15, -0.1) is 0 Å². The zero-order valence-electron chi connectivity index (χ0n) is 19.4. The van der Waals surface area contributed by atoms with Crippen LogP contribution in [0.2, 0.25) is 18.1 Å². The number of hydrogen-bond donors (Lipinski definition) is 0. The number of methoxy groups -OCH3 is 2. The Morgan fingerprint density at radius 1 is 1.03 bits per heavy atom. The second kappa shape index (κ2) is 8.23. The van der Waals surface area contributed by atoms with E-state index in [0.717, 1.165) is 28.7 Å². The van der Waals surface area contributed by atoms with Gasteiger partial charge in [0.1, 0.15) is 0 Å². The van der Waals surface area contributed by atoms with Gasteiger partial charge in [-0.05, 0) is 66.2 Å². The van der Waals surface area contributed by atoms with E-state index in [1.807, 2.05) is 6.92 Å². The predicted octanol–water partition coefficient (Wildman–Crippen LogP) is 4.30. The second-order valence-electron chi connectivity index (χ2n) is 9.71. The summed E-state index contributed by atoms with van der Waals surface area (Å²) in [6.45, 7) is 16.0. The summed E-state index contributed by atoms with van der Waals surface area (Å²) in [5, 5.41) is 0.177. The number of rotatable bonds is 6. The summed E-state index contributed by atoms with van der Waals surface area (Å²) >= 11 is 0. The average molecular weight is 421 g/mol. The average Bonchev–Trinajstić information content (AvgIpc) is 3.06. The van der Waals surface area contributed by atoms with Crippen LogP contribution in [0.25, 0.3) is 0 Å². The smallest absolute Gasteiger partial charge is 0.323 e. The van der Waals surface area contributed by atoms with E-state index in [4.69, 9.17) is 13.9 Å². The van der Waals surface area contributed by atoms with Crippen LogP contribution in [0, 0.1) is 19.3 Å². The highest BCUT2D eigenvalue weighted by molar-refractivity contribution is 6.74. The zero-order chi connectivity index (χ0) is 22.2. The first kappa shape index (κ1) is 23.6. The van der Waals surface area contributed by atoms with Crippen LogP contribution < -0.4 is 0 Å². The Hall–Kier alpha value is -1.66. The fourth-order valence-electron chi connectivity index (χ4n) is 3.92. The summed E-state index contributed by atoms with van der Waals surface area (Å²) in [7, 11) is 0.842. The molecule has 162 valence electrons. The number of carbonyl (C=O) groups excluding carboxylic acids is 2. The minimum atomic E-state index is -1.80. The van der Waals surface area contributed by atoms with Crippen molar-refractivity contribution in [3.8, 4) is 0 Å². The van der Waals surface area contributed by atoms with Gasteiger partial charge in [0.2, 0.25) is 0 Å². The number of aryl methyl sites for hydroxylation is 1. The van der Waals surface area contributed by atoms with Gasteiger partial charge < -0.3 is 13.9 Å². The van der Waals surface area contributed by atoms with Gasteiger partial charge in [-0.2, -0.15) is 0 Å². The number of hydrogen-bond acceptors (Lipinski definition) is 5. The Bertz CT molecular complexity index is 788. The molecule has 0 atom stereocenters. The van der Waals surface area contributed by atoms with Gasteiger partial charge >= 0.3 is 11.9 Å². The standard InChI is InChI=1S/C23H36O5Si/c1-15-12-17(10-11-28-29(8,9)22(3,4)5)16(2)19-14-23(13-18(15)19,20(24)26-6)21(25)27-7/h12H,10-11,13-14H2,1-9H3. The second-order valence-corrected chi connectivity index (χ2v) is 14.5. The Balaban J connectivity index is 2.31. The van der Waals surface area contributed by atoms with Crippen molar-refractivity contribution in [1.82, 2.24) is 0 Å². The third-order valence-electron chi connectivity index (χ3n) is 6.92. The largest absolute Gasteiger partial charge is 0.468 e. The van der Waals surface area contributed by atoms with Crippen molar-refractivity contribution in [2.24, 2.45) is 5.41 Å². The maximum atomic E-state index is 12.6. The highest BCUT2D eigenvalue weighted by atomic mass is 28.4. The monoisotopic (exact) mass is 420 g/mol. The molecule has 0 fully saturated rings. The molecule has 1 aliphatic rings. The molecule has 1 aromatic carbocycles. The number of esters is 2. The van der Waals surface area contributed by atoms with Crippen molar-refractivity contribution in [1.29, 1.82) is 0 Å². The fraction of sp³-hybridized carbons (Fsp3) is 0.652. The molecule has 6 heteroatoms. The molecule has 0 heterocycles. The molecule has 0 unspecified atom stereocenters. The summed E-state index contributed by atoms with van der Waals surface area (Å²) in [5.74, 6) is -1.05. The topological polar surface area (TPSA) is 61.8 Å². The van der Waals surface area contributed by atoms with Gasteiger partial charge in [-0.3, -0.25) is 9.59 Å². The summed E-state index contributed by atoms with van der Waals surface area (Å²) in [5.41, 5.74) is 4.31. The SMILES string of the molecule is COC(=O)C1(C(=O)OC)Cc2c(C)cc(CCO[Si](C)(C)C(C)(C)C)c(C)c2C1. The minimum absolute atomic E-state index is 0.177. The lowest BCUT2D eigenvalue weighted by atomic mass is 9.84. The van der Waals surface area contributed by atoms with E-state index in [0.29, 0.717) is 19.4 Å². The quantitative estimate of drug-likeness (QED) is 0.390. The van der Waals surface area contributed by atoms with Crippen LogP contribution in [0.3, 0.4) is 0 Å². The molecular weight excluding hydrogens is 384 g/mol. The van der Waals surface area contributed by atoms with E-state index >= 15 is 0 Å². The number of benzene rings is 1. The third-order valence-corrected chi connectivity index (χ3v) is 11.5. The van der Waals surface area contributed by atoms with Gasteiger partial charge in [-0.25, -0.2) is 0 Å². The van der Waals surface area contributed by atoms with Crippen LogP contribution in [-0.2, 0) is 42.8 Å². The first-order chi connectivity index (χ1) is 13.3. The number of carbonyl (C=O) groups is 2. The van der Waals surface area contributed by atoms with Crippen LogP contribution in [0.5, 0.6) is 0 Å². The Morgan fingerprint density at radius 3 is 2.03 bits per heavy atom. The van der Waals surface area contributed by atoms with Gasteiger partial charge in [-0.1, -0.05) is 26.8 Å². The predicted molar refractivity (Wildman–Crippen MR) is 117 cm³/mol. The van der Waals surface area contributed by atoms with Crippen molar-refractivity contribution in [2.45, 2.75) is 72.0 Å². The molecule has 0 radical (unpaired) electrons. The lowest BCUT2D eigenvalue weighted by molar-refractivity contribution is -0.168. The van der Waals surface area contributed by atoms with Crippen LogP contribution >= 0.6 is 0 Å². The summed E-state index contributed by atoms with van der Waals surface area (Å²) in [4.78, 5) is 25.1. The van der Waals surface area contributed by atoms with E-state index in [-0.39, 0.29) is 5.04 Å². The molecule has 0 bridgehead atoms. The molecular formula is C23H36O5Si. The lowest BCUT2D eigenvalue weighted by Gasteiger charge is -2.36. The van der Waals surface area contributed by atoms with Gasteiger partial charge in [0, 0.05) is 19.4 Å². The molecule has 0 saturated heterocycles. The summed E-state index contributed by atoms with van der Waals surface area (Å²) in [6, 6.07) is 2.17. The van der Waals surface area contributed by atoms with Gasteiger partial charge in [0.15, 0.2) is 13.7 Å². The van der Waals surface area contributed by atoms with Crippen molar-refractivity contribution in [3.05, 3.63) is 33.9 Å². The van der Waals surface area contributed by atoms with Crippen LogP contribution in [0.1, 0.15) is 48.6 Å². The maximum Gasteiger partial charge on any atom is 0.323 e. The van der Waals surface area contributed by atoms with Gasteiger partial charge in [0.05, 0.1) is 14.2 Å². The van der Waals surface area contributed by atoms with Crippen molar-refractivity contribution >= 4 is 20.3 Å². The molecule has 5 nitrogen and oxygen atoms in total. The Kier molecular flexibility index (Phi) is 6.70.